The van der Waals surface area contributed by atoms with E-state index in [1.807, 2.05) is 11.8 Å². The lowest BCUT2D eigenvalue weighted by Crippen LogP contribution is -2.40. The summed E-state index contributed by atoms with van der Waals surface area (Å²) in [6.45, 7) is 8.22. The minimum atomic E-state index is -0.416. The summed E-state index contributed by atoms with van der Waals surface area (Å²) in [6, 6.07) is 0.457. The number of carbonyl (C=O) groups excluding carboxylic acids is 2. The van der Waals surface area contributed by atoms with Gasteiger partial charge in [0.25, 0.3) is 0 Å². The first-order valence-electron chi connectivity index (χ1n) is 7.12. The average Bonchev–Trinajstić information content (AvgIpc) is 2.77. The van der Waals surface area contributed by atoms with E-state index >= 15 is 0 Å². The molecule has 0 aliphatic carbocycles. The molecule has 5 nitrogen and oxygen atoms in total. The maximum atomic E-state index is 12.1. The maximum Gasteiger partial charge on any atom is 0.227 e. The van der Waals surface area contributed by atoms with Gasteiger partial charge in [-0.1, -0.05) is 13.8 Å². The molecule has 1 fully saturated rings. The summed E-state index contributed by atoms with van der Waals surface area (Å²) in [5, 5.41) is 5.98. The molecule has 2 amide bonds. The fourth-order valence-corrected chi connectivity index (χ4v) is 2.45. The Morgan fingerprint density at radius 2 is 2.05 bits per heavy atom. The molecule has 1 unspecified atom stereocenters. The van der Waals surface area contributed by atoms with Gasteiger partial charge in [-0.15, -0.1) is 0 Å². The van der Waals surface area contributed by atoms with Gasteiger partial charge in [0.1, 0.15) is 0 Å². The van der Waals surface area contributed by atoms with Crippen molar-refractivity contribution in [2.24, 2.45) is 5.41 Å². The lowest BCUT2D eigenvalue weighted by Gasteiger charge is -2.22. The predicted octanol–water partition coefficient (Wildman–Crippen LogP) is 0.749. The predicted molar refractivity (Wildman–Crippen MR) is 75.7 cm³/mol. The second-order valence-corrected chi connectivity index (χ2v) is 5.92. The molecule has 0 radical (unpaired) electrons. The number of rotatable bonds is 6. The van der Waals surface area contributed by atoms with Crippen LogP contribution < -0.4 is 10.6 Å². The van der Waals surface area contributed by atoms with Crippen molar-refractivity contribution in [3.05, 3.63) is 0 Å². The molecule has 1 aliphatic rings. The van der Waals surface area contributed by atoms with Gasteiger partial charge in [0.2, 0.25) is 11.8 Å². The first-order valence-corrected chi connectivity index (χ1v) is 7.12. The third kappa shape index (κ3) is 4.49. The first-order chi connectivity index (χ1) is 8.89. The molecule has 0 aromatic carbocycles. The summed E-state index contributed by atoms with van der Waals surface area (Å²) >= 11 is 0. The number of nitrogens with one attached hydrogen (secondary N) is 2. The highest BCUT2D eigenvalue weighted by molar-refractivity contribution is 5.84. The molecule has 0 bridgehead atoms. The second-order valence-electron chi connectivity index (χ2n) is 5.92. The zero-order chi connectivity index (χ0) is 14.5. The van der Waals surface area contributed by atoms with Crippen molar-refractivity contribution in [2.75, 3.05) is 26.7 Å². The molecule has 1 heterocycles. The van der Waals surface area contributed by atoms with E-state index < -0.39 is 5.41 Å². The van der Waals surface area contributed by atoms with Crippen molar-refractivity contribution in [3.63, 3.8) is 0 Å². The van der Waals surface area contributed by atoms with E-state index in [1.165, 1.54) is 0 Å². The van der Waals surface area contributed by atoms with Crippen LogP contribution in [0.25, 0.3) is 0 Å². The molecule has 0 aromatic heterocycles. The normalized spacial score (nSPS) is 22.9. The molecular weight excluding hydrogens is 242 g/mol. The SMILES string of the molecule is CNC(=O)C1(C)CCN(C(=O)CCCNC(C)C)C1. The molecule has 1 aliphatic heterocycles. The summed E-state index contributed by atoms with van der Waals surface area (Å²) in [5.74, 6) is 0.197. The van der Waals surface area contributed by atoms with E-state index in [0.717, 1.165) is 19.4 Å². The van der Waals surface area contributed by atoms with Crippen molar-refractivity contribution >= 4 is 11.8 Å². The minimum Gasteiger partial charge on any atom is -0.359 e. The highest BCUT2D eigenvalue weighted by Crippen LogP contribution is 2.30. The number of amides is 2. The lowest BCUT2D eigenvalue weighted by atomic mass is 9.89. The van der Waals surface area contributed by atoms with Crippen LogP contribution in [0.1, 0.15) is 40.0 Å². The monoisotopic (exact) mass is 269 g/mol. The van der Waals surface area contributed by atoms with Crippen molar-refractivity contribution < 1.29 is 9.59 Å². The lowest BCUT2D eigenvalue weighted by molar-refractivity contribution is -0.132. The smallest absolute Gasteiger partial charge is 0.227 e. The standard InChI is InChI=1S/C14H27N3O2/c1-11(2)16-8-5-6-12(18)17-9-7-14(3,10-17)13(19)15-4/h11,16H,5-10H2,1-4H3,(H,15,19). The molecule has 5 heteroatoms. The number of hydrogen-bond donors (Lipinski definition) is 2. The van der Waals surface area contributed by atoms with Gasteiger partial charge >= 0.3 is 0 Å². The van der Waals surface area contributed by atoms with Gasteiger partial charge in [-0.2, -0.15) is 0 Å². The molecule has 110 valence electrons. The van der Waals surface area contributed by atoms with Gasteiger partial charge in [-0.05, 0) is 26.3 Å². The molecule has 0 saturated carbocycles. The van der Waals surface area contributed by atoms with Crippen LogP contribution in [0.3, 0.4) is 0 Å². The van der Waals surface area contributed by atoms with E-state index in [2.05, 4.69) is 24.5 Å². The Hall–Kier alpha value is -1.10. The second kappa shape index (κ2) is 6.89. The highest BCUT2D eigenvalue weighted by Gasteiger charge is 2.41. The topological polar surface area (TPSA) is 61.4 Å². The fourth-order valence-electron chi connectivity index (χ4n) is 2.45. The Morgan fingerprint density at radius 1 is 1.37 bits per heavy atom. The van der Waals surface area contributed by atoms with Crippen LogP contribution in [0.2, 0.25) is 0 Å². The molecule has 1 rings (SSSR count). The van der Waals surface area contributed by atoms with Crippen LogP contribution in [0.5, 0.6) is 0 Å². The summed E-state index contributed by atoms with van der Waals surface area (Å²) in [5.41, 5.74) is -0.416. The number of hydrogen-bond acceptors (Lipinski definition) is 3. The van der Waals surface area contributed by atoms with Crippen LogP contribution >= 0.6 is 0 Å². The van der Waals surface area contributed by atoms with Gasteiger partial charge in [-0.3, -0.25) is 9.59 Å². The Morgan fingerprint density at radius 3 is 2.63 bits per heavy atom. The Bertz CT molecular complexity index is 331. The molecule has 0 spiro atoms. The molecular formula is C14H27N3O2. The molecule has 0 aromatic rings. The van der Waals surface area contributed by atoms with Gasteiger partial charge in [-0.25, -0.2) is 0 Å². The summed E-state index contributed by atoms with van der Waals surface area (Å²) in [6.07, 6.45) is 2.16. The highest BCUT2D eigenvalue weighted by atomic mass is 16.2. The number of carbonyl (C=O) groups is 2. The summed E-state index contributed by atoms with van der Waals surface area (Å²) < 4.78 is 0. The number of nitrogens with zero attached hydrogens (tertiary/aromatic N) is 1. The van der Waals surface area contributed by atoms with Crippen LogP contribution in [0.4, 0.5) is 0 Å². The van der Waals surface area contributed by atoms with Crippen LogP contribution in [-0.2, 0) is 9.59 Å². The largest absolute Gasteiger partial charge is 0.359 e. The van der Waals surface area contributed by atoms with Crippen molar-refractivity contribution in [3.8, 4) is 0 Å². The Balaban J connectivity index is 2.34. The number of likely N-dealkylation sites (tertiary alicyclic amines) is 1. The zero-order valence-electron chi connectivity index (χ0n) is 12.6. The van der Waals surface area contributed by atoms with E-state index in [-0.39, 0.29) is 11.8 Å². The maximum absolute atomic E-state index is 12.1. The first kappa shape index (κ1) is 16.0. The van der Waals surface area contributed by atoms with Crippen molar-refractivity contribution in [1.82, 2.24) is 15.5 Å². The quantitative estimate of drug-likeness (QED) is 0.700. The van der Waals surface area contributed by atoms with Crippen LogP contribution in [0.15, 0.2) is 0 Å². The third-order valence-corrected chi connectivity index (χ3v) is 3.72. The van der Waals surface area contributed by atoms with Gasteiger partial charge in [0, 0.05) is 32.6 Å². The summed E-state index contributed by atoms with van der Waals surface area (Å²) in [7, 11) is 1.65. The molecule has 1 atom stereocenters. The average molecular weight is 269 g/mol. The Labute approximate surface area is 116 Å². The molecule has 2 N–H and O–H groups in total. The third-order valence-electron chi connectivity index (χ3n) is 3.72. The summed E-state index contributed by atoms with van der Waals surface area (Å²) in [4.78, 5) is 25.7. The zero-order valence-corrected chi connectivity index (χ0v) is 12.6. The van der Waals surface area contributed by atoms with E-state index in [9.17, 15) is 9.59 Å². The fraction of sp³-hybridized carbons (Fsp3) is 0.857. The van der Waals surface area contributed by atoms with E-state index in [0.29, 0.717) is 25.6 Å². The van der Waals surface area contributed by atoms with Gasteiger partial charge < -0.3 is 15.5 Å². The Kier molecular flexibility index (Phi) is 5.79. The van der Waals surface area contributed by atoms with Crippen molar-refractivity contribution in [1.29, 1.82) is 0 Å². The minimum absolute atomic E-state index is 0.0317. The van der Waals surface area contributed by atoms with Gasteiger partial charge in [0.15, 0.2) is 0 Å². The van der Waals surface area contributed by atoms with E-state index in [1.54, 1.807) is 7.05 Å². The van der Waals surface area contributed by atoms with Crippen LogP contribution in [-0.4, -0.2) is 49.4 Å². The molecule has 1 saturated heterocycles. The van der Waals surface area contributed by atoms with Crippen molar-refractivity contribution in [2.45, 2.75) is 46.1 Å². The van der Waals surface area contributed by atoms with Gasteiger partial charge in [0.05, 0.1) is 5.41 Å². The molecule has 19 heavy (non-hydrogen) atoms. The van der Waals surface area contributed by atoms with E-state index in [4.69, 9.17) is 0 Å². The van der Waals surface area contributed by atoms with Crippen LogP contribution in [0, 0.1) is 5.41 Å².